The standard InChI is InChI=1S/C24H29N7O4S3/c1-13-7-17-19(11-28-13)37-23(29-17)24(33)31-6-5-30(12-16(31)10-20(32)27-2)38(34,35)21-9-15-8-14(22(25)26)3-4-18(15)36-21/h3-4,8-9,13,16,28H,5-7,10-12H2,1-2H3,(H3,25,26)(H,27,32). The molecule has 2 aromatic heterocycles. The van der Waals surface area contributed by atoms with E-state index in [0.29, 0.717) is 22.5 Å². The van der Waals surface area contributed by atoms with Crippen LogP contribution in [0.3, 0.4) is 0 Å². The van der Waals surface area contributed by atoms with Gasteiger partial charge in [0.1, 0.15) is 10.0 Å². The lowest BCUT2D eigenvalue weighted by Crippen LogP contribution is -2.57. The normalized spacial score (nSPS) is 20.3. The summed E-state index contributed by atoms with van der Waals surface area (Å²) < 4.78 is 29.5. The number of rotatable bonds is 6. The number of sulfonamides is 1. The average Bonchev–Trinajstić information content (AvgIpc) is 3.52. The Kier molecular flexibility index (Phi) is 7.26. The molecule has 0 saturated carbocycles. The van der Waals surface area contributed by atoms with E-state index in [1.165, 1.54) is 22.7 Å². The van der Waals surface area contributed by atoms with E-state index >= 15 is 0 Å². The smallest absolute Gasteiger partial charge is 0.283 e. The van der Waals surface area contributed by atoms with Crippen molar-refractivity contribution in [2.45, 2.75) is 42.6 Å². The second-order valence-corrected chi connectivity index (χ2v) is 13.8. The van der Waals surface area contributed by atoms with Gasteiger partial charge in [-0.05, 0) is 36.6 Å². The highest BCUT2D eigenvalue weighted by atomic mass is 32.2. The maximum Gasteiger partial charge on any atom is 0.283 e. The minimum atomic E-state index is -3.88. The Morgan fingerprint density at radius 3 is 2.79 bits per heavy atom. The molecule has 1 fully saturated rings. The molecule has 2 amide bonds. The summed E-state index contributed by atoms with van der Waals surface area (Å²) in [7, 11) is -2.36. The van der Waals surface area contributed by atoms with Crippen LogP contribution in [0.15, 0.2) is 28.5 Å². The minimum absolute atomic E-state index is 0.00187. The molecule has 11 nitrogen and oxygen atoms in total. The number of hydrogen-bond donors (Lipinski definition) is 4. The first-order chi connectivity index (χ1) is 18.1. The third kappa shape index (κ3) is 5.06. The van der Waals surface area contributed by atoms with Gasteiger partial charge in [0.25, 0.3) is 15.9 Å². The Labute approximate surface area is 228 Å². The highest BCUT2D eigenvalue weighted by molar-refractivity contribution is 7.91. The second-order valence-electron chi connectivity index (χ2n) is 9.50. The average molecular weight is 576 g/mol. The molecule has 14 heteroatoms. The third-order valence-electron chi connectivity index (χ3n) is 6.88. The molecule has 0 aliphatic carbocycles. The van der Waals surface area contributed by atoms with Gasteiger partial charge in [-0.25, -0.2) is 13.4 Å². The summed E-state index contributed by atoms with van der Waals surface area (Å²) >= 11 is 2.50. The van der Waals surface area contributed by atoms with Gasteiger partial charge in [-0.15, -0.1) is 22.7 Å². The van der Waals surface area contributed by atoms with Crippen molar-refractivity contribution in [2.24, 2.45) is 5.73 Å². The van der Waals surface area contributed by atoms with Crippen molar-refractivity contribution in [1.29, 1.82) is 5.41 Å². The molecule has 2 unspecified atom stereocenters. The van der Waals surface area contributed by atoms with Crippen molar-refractivity contribution in [1.82, 2.24) is 24.8 Å². The Hall–Kier alpha value is -2.91. The van der Waals surface area contributed by atoms with Crippen molar-refractivity contribution in [2.75, 3.05) is 26.7 Å². The molecule has 0 spiro atoms. The number of amidine groups is 1. The zero-order valence-corrected chi connectivity index (χ0v) is 23.4. The molecule has 3 aromatic rings. The van der Waals surface area contributed by atoms with Crippen molar-refractivity contribution in [3.8, 4) is 0 Å². The summed E-state index contributed by atoms with van der Waals surface area (Å²) in [6.07, 6.45) is 0.724. The molecule has 38 heavy (non-hydrogen) atoms. The zero-order valence-electron chi connectivity index (χ0n) is 21.0. The molecule has 1 aromatic carbocycles. The topological polar surface area (TPSA) is 162 Å². The summed E-state index contributed by atoms with van der Waals surface area (Å²) in [5, 5.41) is 14.7. The number of carbonyl (C=O) groups is 2. The van der Waals surface area contributed by atoms with Crippen LogP contribution in [0, 0.1) is 5.41 Å². The van der Waals surface area contributed by atoms with Crippen LogP contribution in [0.4, 0.5) is 0 Å². The first-order valence-corrected chi connectivity index (χ1v) is 15.3. The predicted octanol–water partition coefficient (Wildman–Crippen LogP) is 1.33. The lowest BCUT2D eigenvalue weighted by Gasteiger charge is -2.40. The van der Waals surface area contributed by atoms with Gasteiger partial charge in [0, 0.05) is 67.3 Å². The minimum Gasteiger partial charge on any atom is -0.384 e. The van der Waals surface area contributed by atoms with Crippen LogP contribution >= 0.6 is 22.7 Å². The maximum atomic E-state index is 13.6. The molecule has 0 radical (unpaired) electrons. The van der Waals surface area contributed by atoms with Gasteiger partial charge in [0.2, 0.25) is 5.91 Å². The van der Waals surface area contributed by atoms with E-state index in [1.807, 2.05) is 0 Å². The fourth-order valence-electron chi connectivity index (χ4n) is 4.77. The van der Waals surface area contributed by atoms with Gasteiger partial charge in [-0.1, -0.05) is 0 Å². The quantitative estimate of drug-likeness (QED) is 0.255. The highest BCUT2D eigenvalue weighted by Gasteiger charge is 2.39. The molecule has 4 heterocycles. The van der Waals surface area contributed by atoms with Crippen LogP contribution in [0.25, 0.3) is 10.1 Å². The number of thiophene rings is 1. The number of thiazole rings is 1. The summed E-state index contributed by atoms with van der Waals surface area (Å²) in [6, 6.07) is 6.37. The predicted molar refractivity (Wildman–Crippen MR) is 147 cm³/mol. The van der Waals surface area contributed by atoms with Crippen LogP contribution in [0.2, 0.25) is 0 Å². The van der Waals surface area contributed by atoms with Gasteiger partial charge in [-0.2, -0.15) is 4.31 Å². The van der Waals surface area contributed by atoms with E-state index in [9.17, 15) is 18.0 Å². The Morgan fingerprint density at radius 1 is 1.26 bits per heavy atom. The molecule has 5 N–H and O–H groups in total. The number of hydrogen-bond acceptors (Lipinski definition) is 9. The monoisotopic (exact) mass is 575 g/mol. The Morgan fingerprint density at radius 2 is 2.05 bits per heavy atom. The fourth-order valence-corrected chi connectivity index (χ4v) is 8.77. The van der Waals surface area contributed by atoms with Crippen LogP contribution < -0.4 is 16.4 Å². The number of nitrogens with two attached hydrogens (primary N) is 1. The van der Waals surface area contributed by atoms with Gasteiger partial charge in [0.05, 0.1) is 11.7 Å². The van der Waals surface area contributed by atoms with Gasteiger partial charge >= 0.3 is 0 Å². The molecular weight excluding hydrogens is 547 g/mol. The van der Waals surface area contributed by atoms with E-state index in [1.54, 1.807) is 29.2 Å². The molecule has 1 saturated heterocycles. The van der Waals surface area contributed by atoms with Crippen molar-refractivity contribution in [3.63, 3.8) is 0 Å². The SMILES string of the molecule is CNC(=O)CC1CN(S(=O)(=O)c2cc3cc(C(=N)N)ccc3s2)CCN1C(=O)c1nc2c(s1)CNC(C)C2. The maximum absolute atomic E-state index is 13.6. The largest absolute Gasteiger partial charge is 0.384 e. The Balaban J connectivity index is 1.40. The van der Waals surface area contributed by atoms with Gasteiger partial charge < -0.3 is 21.3 Å². The van der Waals surface area contributed by atoms with Crippen LogP contribution in [-0.4, -0.2) is 79.0 Å². The fraction of sp³-hybridized carbons (Fsp3) is 0.417. The number of nitrogens with one attached hydrogen (secondary N) is 3. The summed E-state index contributed by atoms with van der Waals surface area (Å²) in [5.41, 5.74) is 7.03. The summed E-state index contributed by atoms with van der Waals surface area (Å²) in [4.78, 5) is 33.1. The number of carbonyl (C=O) groups excluding carboxylic acids is 2. The van der Waals surface area contributed by atoms with Crippen LogP contribution in [0.5, 0.6) is 0 Å². The van der Waals surface area contributed by atoms with Crippen molar-refractivity contribution < 1.29 is 18.0 Å². The number of fused-ring (bicyclic) bond motifs is 2. The van der Waals surface area contributed by atoms with E-state index in [0.717, 1.165) is 33.0 Å². The molecule has 2 atom stereocenters. The molecular formula is C24H29N7O4S3. The molecule has 2 aliphatic rings. The summed E-state index contributed by atoms with van der Waals surface area (Å²) in [6.45, 7) is 2.99. The molecule has 0 bridgehead atoms. The number of benzene rings is 1. The first kappa shape index (κ1) is 26.7. The van der Waals surface area contributed by atoms with Crippen LogP contribution in [-0.2, 0) is 27.8 Å². The molecule has 2 aliphatic heterocycles. The van der Waals surface area contributed by atoms with E-state index in [-0.39, 0.29) is 54.0 Å². The second kappa shape index (κ2) is 10.3. The first-order valence-electron chi connectivity index (χ1n) is 12.2. The van der Waals surface area contributed by atoms with Crippen molar-refractivity contribution >= 4 is 60.4 Å². The lowest BCUT2D eigenvalue weighted by molar-refractivity contribution is -0.121. The Bertz CT molecular complexity index is 1530. The van der Waals surface area contributed by atoms with E-state index in [2.05, 4.69) is 22.5 Å². The molecule has 202 valence electrons. The highest BCUT2D eigenvalue weighted by Crippen LogP contribution is 2.33. The number of nitrogen functional groups attached to an aromatic ring is 1. The number of aromatic nitrogens is 1. The third-order valence-corrected chi connectivity index (χ3v) is 11.4. The number of piperazine rings is 1. The van der Waals surface area contributed by atoms with E-state index < -0.39 is 16.1 Å². The number of nitrogens with zero attached hydrogens (tertiary/aromatic N) is 3. The molecule has 5 rings (SSSR count). The lowest BCUT2D eigenvalue weighted by atomic mass is 10.1. The zero-order chi connectivity index (χ0) is 27.2. The number of amides is 2. The summed E-state index contributed by atoms with van der Waals surface area (Å²) in [5.74, 6) is -0.643. The van der Waals surface area contributed by atoms with E-state index in [4.69, 9.17) is 11.1 Å². The van der Waals surface area contributed by atoms with Crippen molar-refractivity contribution in [3.05, 3.63) is 45.4 Å². The van der Waals surface area contributed by atoms with Crippen LogP contribution in [0.1, 0.15) is 39.3 Å². The van der Waals surface area contributed by atoms with Gasteiger partial charge in [0.15, 0.2) is 5.01 Å². The van der Waals surface area contributed by atoms with Gasteiger partial charge in [-0.3, -0.25) is 15.0 Å².